The van der Waals surface area contributed by atoms with Crippen LogP contribution in [0.25, 0.3) is 0 Å². The molecule has 0 saturated heterocycles. The first-order chi connectivity index (χ1) is 9.07. The molecule has 0 bridgehead atoms. The standard InChI is InChI=1S/C17H27NO/c1-17(2,13-12-14-8-4-3-5-9-14)18-15-10-6-7-11-16(15)19/h3-5,8-9,15-16,18-19H,6-7,10-13H2,1-2H3. The fraction of sp³-hybridized carbons (Fsp3) is 0.647. The van der Waals surface area contributed by atoms with Crippen molar-refractivity contribution >= 4 is 0 Å². The highest BCUT2D eigenvalue weighted by Gasteiger charge is 2.28. The second-order valence-corrected chi connectivity index (χ2v) is 6.47. The number of aliphatic hydroxyl groups is 1. The quantitative estimate of drug-likeness (QED) is 0.852. The Kier molecular flexibility index (Phi) is 5.00. The van der Waals surface area contributed by atoms with Crippen LogP contribution in [-0.2, 0) is 6.42 Å². The number of hydrogen-bond donors (Lipinski definition) is 2. The highest BCUT2D eigenvalue weighted by Crippen LogP contribution is 2.22. The maximum Gasteiger partial charge on any atom is 0.0693 e. The number of aliphatic hydroxyl groups excluding tert-OH is 1. The monoisotopic (exact) mass is 261 g/mol. The largest absolute Gasteiger partial charge is 0.392 e. The molecule has 1 aliphatic rings. The van der Waals surface area contributed by atoms with Gasteiger partial charge in [0.2, 0.25) is 0 Å². The number of benzene rings is 1. The van der Waals surface area contributed by atoms with Gasteiger partial charge in [0.1, 0.15) is 0 Å². The van der Waals surface area contributed by atoms with E-state index in [0.717, 1.165) is 25.7 Å². The molecule has 1 saturated carbocycles. The van der Waals surface area contributed by atoms with Gasteiger partial charge in [-0.05, 0) is 45.1 Å². The molecule has 0 amide bonds. The Morgan fingerprint density at radius 2 is 1.84 bits per heavy atom. The number of hydrogen-bond acceptors (Lipinski definition) is 2. The van der Waals surface area contributed by atoms with E-state index in [1.165, 1.54) is 18.4 Å². The Balaban J connectivity index is 1.84. The molecule has 2 nitrogen and oxygen atoms in total. The maximum absolute atomic E-state index is 10.1. The fourth-order valence-corrected chi connectivity index (χ4v) is 2.96. The topological polar surface area (TPSA) is 32.3 Å². The highest BCUT2D eigenvalue weighted by molar-refractivity contribution is 5.15. The summed E-state index contributed by atoms with van der Waals surface area (Å²) in [5.74, 6) is 0. The molecule has 2 rings (SSSR count). The first-order valence-electron chi connectivity index (χ1n) is 7.56. The lowest BCUT2D eigenvalue weighted by Crippen LogP contribution is -2.52. The molecular formula is C17H27NO. The van der Waals surface area contributed by atoms with Crippen LogP contribution in [0.5, 0.6) is 0 Å². The van der Waals surface area contributed by atoms with Gasteiger partial charge >= 0.3 is 0 Å². The molecule has 19 heavy (non-hydrogen) atoms. The predicted molar refractivity (Wildman–Crippen MR) is 80.2 cm³/mol. The van der Waals surface area contributed by atoms with Crippen molar-refractivity contribution in [2.75, 3.05) is 0 Å². The van der Waals surface area contributed by atoms with Crippen molar-refractivity contribution in [3.63, 3.8) is 0 Å². The molecule has 1 aliphatic carbocycles. The van der Waals surface area contributed by atoms with Crippen molar-refractivity contribution in [1.29, 1.82) is 0 Å². The normalized spacial score (nSPS) is 24.4. The van der Waals surface area contributed by atoms with Crippen LogP contribution in [0.1, 0.15) is 51.5 Å². The van der Waals surface area contributed by atoms with E-state index < -0.39 is 0 Å². The molecule has 1 aromatic carbocycles. The van der Waals surface area contributed by atoms with E-state index in [2.05, 4.69) is 49.5 Å². The van der Waals surface area contributed by atoms with Crippen LogP contribution in [0, 0.1) is 0 Å². The predicted octanol–water partition coefficient (Wildman–Crippen LogP) is 3.29. The van der Waals surface area contributed by atoms with Gasteiger partial charge in [-0.25, -0.2) is 0 Å². The molecule has 1 aromatic rings. The Morgan fingerprint density at radius 1 is 1.16 bits per heavy atom. The van der Waals surface area contributed by atoms with Crippen LogP contribution in [0.4, 0.5) is 0 Å². The minimum Gasteiger partial charge on any atom is -0.392 e. The van der Waals surface area contributed by atoms with E-state index in [4.69, 9.17) is 0 Å². The molecule has 2 unspecified atom stereocenters. The molecule has 2 N–H and O–H groups in total. The maximum atomic E-state index is 10.1. The summed E-state index contributed by atoms with van der Waals surface area (Å²) < 4.78 is 0. The van der Waals surface area contributed by atoms with Crippen molar-refractivity contribution in [3.8, 4) is 0 Å². The van der Waals surface area contributed by atoms with Crippen LogP contribution < -0.4 is 5.32 Å². The van der Waals surface area contributed by atoms with Gasteiger partial charge in [-0.15, -0.1) is 0 Å². The van der Waals surface area contributed by atoms with E-state index in [9.17, 15) is 5.11 Å². The Morgan fingerprint density at radius 3 is 2.53 bits per heavy atom. The molecule has 2 atom stereocenters. The summed E-state index contributed by atoms with van der Waals surface area (Å²) in [4.78, 5) is 0. The lowest BCUT2D eigenvalue weighted by Gasteiger charge is -2.37. The van der Waals surface area contributed by atoms with Crippen molar-refractivity contribution in [3.05, 3.63) is 35.9 Å². The molecule has 1 fully saturated rings. The van der Waals surface area contributed by atoms with E-state index >= 15 is 0 Å². The molecule has 2 heteroatoms. The van der Waals surface area contributed by atoms with E-state index in [-0.39, 0.29) is 17.7 Å². The lowest BCUT2D eigenvalue weighted by molar-refractivity contribution is 0.0746. The number of aryl methyl sites for hydroxylation is 1. The summed E-state index contributed by atoms with van der Waals surface area (Å²) in [5.41, 5.74) is 1.47. The van der Waals surface area contributed by atoms with E-state index in [0.29, 0.717) is 0 Å². The first-order valence-corrected chi connectivity index (χ1v) is 7.56. The SMILES string of the molecule is CC(C)(CCc1ccccc1)NC1CCCCC1O. The Labute approximate surface area is 117 Å². The molecule has 106 valence electrons. The number of nitrogens with one attached hydrogen (secondary N) is 1. The van der Waals surface area contributed by atoms with Gasteiger partial charge in [-0.3, -0.25) is 0 Å². The van der Waals surface area contributed by atoms with Crippen LogP contribution >= 0.6 is 0 Å². The third-order valence-electron chi connectivity index (χ3n) is 4.19. The minimum atomic E-state index is -0.162. The molecule has 0 aromatic heterocycles. The molecule has 0 radical (unpaired) electrons. The van der Waals surface area contributed by atoms with E-state index in [1.54, 1.807) is 0 Å². The van der Waals surface area contributed by atoms with E-state index in [1.807, 2.05) is 0 Å². The lowest BCUT2D eigenvalue weighted by atomic mass is 9.88. The average Bonchev–Trinajstić information content (AvgIpc) is 2.40. The third-order valence-corrected chi connectivity index (χ3v) is 4.19. The summed E-state index contributed by atoms with van der Waals surface area (Å²) in [6.45, 7) is 4.49. The van der Waals surface area contributed by atoms with Gasteiger partial charge in [0.25, 0.3) is 0 Å². The molecular weight excluding hydrogens is 234 g/mol. The Bertz CT molecular complexity index is 374. The minimum absolute atomic E-state index is 0.0822. The van der Waals surface area contributed by atoms with Crippen molar-refractivity contribution in [2.24, 2.45) is 0 Å². The van der Waals surface area contributed by atoms with Gasteiger partial charge < -0.3 is 10.4 Å². The first kappa shape index (κ1) is 14.5. The summed E-state index contributed by atoms with van der Waals surface area (Å²) in [7, 11) is 0. The van der Waals surface area contributed by atoms with Crippen molar-refractivity contribution < 1.29 is 5.11 Å². The second-order valence-electron chi connectivity index (χ2n) is 6.47. The van der Waals surface area contributed by atoms with Gasteiger partial charge in [0, 0.05) is 11.6 Å². The summed E-state index contributed by atoms with van der Waals surface area (Å²) in [6.07, 6.45) is 6.49. The van der Waals surface area contributed by atoms with Crippen LogP contribution in [0.2, 0.25) is 0 Å². The summed E-state index contributed by atoms with van der Waals surface area (Å²) >= 11 is 0. The highest BCUT2D eigenvalue weighted by atomic mass is 16.3. The molecule has 0 aliphatic heterocycles. The van der Waals surface area contributed by atoms with Crippen LogP contribution in [-0.4, -0.2) is 22.8 Å². The van der Waals surface area contributed by atoms with Crippen LogP contribution in [0.15, 0.2) is 30.3 Å². The van der Waals surface area contributed by atoms with Gasteiger partial charge in [-0.1, -0.05) is 43.2 Å². The van der Waals surface area contributed by atoms with Gasteiger partial charge in [0.15, 0.2) is 0 Å². The number of rotatable bonds is 5. The smallest absolute Gasteiger partial charge is 0.0693 e. The summed E-state index contributed by atoms with van der Waals surface area (Å²) in [6, 6.07) is 10.9. The third kappa shape index (κ3) is 4.63. The fourth-order valence-electron chi connectivity index (χ4n) is 2.96. The van der Waals surface area contributed by atoms with Gasteiger partial charge in [-0.2, -0.15) is 0 Å². The summed E-state index contributed by atoms with van der Waals surface area (Å²) in [5, 5.41) is 13.7. The van der Waals surface area contributed by atoms with Crippen molar-refractivity contribution in [2.45, 2.75) is 70.1 Å². The average molecular weight is 261 g/mol. The van der Waals surface area contributed by atoms with Crippen LogP contribution in [0.3, 0.4) is 0 Å². The zero-order valence-electron chi connectivity index (χ0n) is 12.2. The molecule has 0 heterocycles. The van der Waals surface area contributed by atoms with Gasteiger partial charge in [0.05, 0.1) is 6.10 Å². The Hall–Kier alpha value is -0.860. The molecule has 0 spiro atoms. The van der Waals surface area contributed by atoms with Crippen molar-refractivity contribution in [1.82, 2.24) is 5.32 Å². The zero-order chi connectivity index (χ0) is 13.7. The zero-order valence-corrected chi connectivity index (χ0v) is 12.2. The second kappa shape index (κ2) is 6.53.